The van der Waals surface area contributed by atoms with Crippen LogP contribution in [0.3, 0.4) is 0 Å². The number of rotatable bonds is 7. The van der Waals surface area contributed by atoms with Crippen LogP contribution < -0.4 is 10.1 Å². The molecule has 0 fully saturated rings. The van der Waals surface area contributed by atoms with Gasteiger partial charge < -0.3 is 10.1 Å². The van der Waals surface area contributed by atoms with Gasteiger partial charge in [-0.1, -0.05) is 45.0 Å². The minimum absolute atomic E-state index is 0.0938. The third kappa shape index (κ3) is 5.77. The molecule has 0 spiro atoms. The first-order valence-corrected chi connectivity index (χ1v) is 9.46. The second-order valence-corrected chi connectivity index (χ2v) is 8.17. The SMILES string of the molecule is COc1cc([N+](=O)[O-])ccc1NC(=O)[C@H](C)N(C)Cc1ccc(C(C)(C)C)cc1. The molecule has 1 atom stereocenters. The minimum atomic E-state index is -0.505. The van der Waals surface area contributed by atoms with Crippen molar-refractivity contribution in [1.82, 2.24) is 4.90 Å². The molecule has 0 radical (unpaired) electrons. The molecule has 7 nitrogen and oxygen atoms in total. The number of methoxy groups -OCH3 is 1. The summed E-state index contributed by atoms with van der Waals surface area (Å²) in [7, 11) is 3.29. The lowest BCUT2D eigenvalue weighted by Crippen LogP contribution is -2.39. The van der Waals surface area contributed by atoms with Crippen LogP contribution in [0.1, 0.15) is 38.8 Å². The Morgan fingerprint density at radius 2 is 1.83 bits per heavy atom. The van der Waals surface area contributed by atoms with Crippen LogP contribution in [0.25, 0.3) is 0 Å². The van der Waals surface area contributed by atoms with E-state index in [1.54, 1.807) is 0 Å². The molecular formula is C22H29N3O4. The zero-order valence-corrected chi connectivity index (χ0v) is 17.9. The Hall–Kier alpha value is -2.93. The second-order valence-electron chi connectivity index (χ2n) is 8.17. The molecule has 0 heterocycles. The first kappa shape index (κ1) is 22.4. The maximum Gasteiger partial charge on any atom is 0.273 e. The molecule has 1 amide bonds. The Kier molecular flexibility index (Phi) is 6.97. The smallest absolute Gasteiger partial charge is 0.273 e. The molecule has 2 aromatic rings. The fraction of sp³-hybridized carbons (Fsp3) is 0.409. The number of hydrogen-bond acceptors (Lipinski definition) is 5. The minimum Gasteiger partial charge on any atom is -0.494 e. The number of likely N-dealkylation sites (N-methyl/N-ethyl adjacent to an activating group) is 1. The first-order valence-electron chi connectivity index (χ1n) is 9.46. The van der Waals surface area contributed by atoms with E-state index < -0.39 is 11.0 Å². The molecule has 0 saturated carbocycles. The Balaban J connectivity index is 2.05. The third-order valence-electron chi connectivity index (χ3n) is 4.95. The highest BCUT2D eigenvalue weighted by molar-refractivity contribution is 5.96. The van der Waals surface area contributed by atoms with Crippen LogP contribution in [-0.4, -0.2) is 35.9 Å². The Bertz CT molecular complexity index is 873. The zero-order chi connectivity index (χ0) is 21.8. The van der Waals surface area contributed by atoms with Gasteiger partial charge in [0.1, 0.15) is 5.75 Å². The van der Waals surface area contributed by atoms with Crippen LogP contribution >= 0.6 is 0 Å². The summed E-state index contributed by atoms with van der Waals surface area (Å²) in [5, 5.41) is 13.7. The Morgan fingerprint density at radius 1 is 1.21 bits per heavy atom. The second kappa shape index (κ2) is 9.05. The third-order valence-corrected chi connectivity index (χ3v) is 4.95. The first-order chi connectivity index (χ1) is 13.5. The van der Waals surface area contributed by atoms with E-state index >= 15 is 0 Å². The van der Waals surface area contributed by atoms with E-state index in [0.717, 1.165) is 5.56 Å². The van der Waals surface area contributed by atoms with Gasteiger partial charge in [-0.15, -0.1) is 0 Å². The van der Waals surface area contributed by atoms with E-state index in [1.165, 1.54) is 30.9 Å². The molecule has 0 bridgehead atoms. The number of ether oxygens (including phenoxy) is 1. The Morgan fingerprint density at radius 3 is 2.34 bits per heavy atom. The van der Waals surface area contributed by atoms with Gasteiger partial charge in [0.15, 0.2) is 0 Å². The predicted octanol–water partition coefficient (Wildman–Crippen LogP) is 4.36. The van der Waals surface area contributed by atoms with Gasteiger partial charge in [0, 0.05) is 12.6 Å². The molecule has 2 rings (SSSR count). The molecule has 2 aromatic carbocycles. The molecule has 156 valence electrons. The molecule has 0 aromatic heterocycles. The summed E-state index contributed by atoms with van der Waals surface area (Å²) in [6, 6.07) is 12.1. The van der Waals surface area contributed by atoms with Crippen molar-refractivity contribution < 1.29 is 14.5 Å². The lowest BCUT2D eigenvalue weighted by Gasteiger charge is -2.25. The van der Waals surface area contributed by atoms with E-state index in [-0.39, 0.29) is 22.8 Å². The summed E-state index contributed by atoms with van der Waals surface area (Å²) < 4.78 is 5.18. The molecule has 1 N–H and O–H groups in total. The quantitative estimate of drug-likeness (QED) is 0.552. The molecule has 0 aliphatic carbocycles. The van der Waals surface area contributed by atoms with Crippen molar-refractivity contribution >= 4 is 17.3 Å². The van der Waals surface area contributed by atoms with E-state index in [2.05, 4.69) is 50.4 Å². The standard InChI is InChI=1S/C22H29N3O4/c1-15(24(5)14-16-7-9-17(10-8-16)22(2,3)4)21(26)23-19-12-11-18(25(27)28)13-20(19)29-6/h7-13,15H,14H2,1-6H3,(H,23,26)/t15-/m0/s1. The maximum absolute atomic E-state index is 12.7. The molecule has 0 aliphatic heterocycles. The van der Waals surface area contributed by atoms with Crippen molar-refractivity contribution in [1.29, 1.82) is 0 Å². The number of amides is 1. The van der Waals surface area contributed by atoms with Crippen molar-refractivity contribution in [3.05, 3.63) is 63.7 Å². The lowest BCUT2D eigenvalue weighted by atomic mass is 9.87. The molecular weight excluding hydrogens is 370 g/mol. The zero-order valence-electron chi connectivity index (χ0n) is 17.9. The number of nitro benzene ring substituents is 1. The lowest BCUT2D eigenvalue weighted by molar-refractivity contribution is -0.384. The van der Waals surface area contributed by atoms with E-state index in [9.17, 15) is 14.9 Å². The number of anilines is 1. The average Bonchev–Trinajstić information content (AvgIpc) is 2.67. The predicted molar refractivity (Wildman–Crippen MR) is 114 cm³/mol. The van der Waals surface area contributed by atoms with Crippen molar-refractivity contribution in [3.8, 4) is 5.75 Å². The monoisotopic (exact) mass is 399 g/mol. The highest BCUT2D eigenvalue weighted by atomic mass is 16.6. The maximum atomic E-state index is 12.7. The van der Waals surface area contributed by atoms with Gasteiger partial charge in [0.05, 0.1) is 29.8 Å². The molecule has 7 heteroatoms. The van der Waals surface area contributed by atoms with Gasteiger partial charge >= 0.3 is 0 Å². The highest BCUT2D eigenvalue weighted by Crippen LogP contribution is 2.29. The van der Waals surface area contributed by atoms with Crippen molar-refractivity contribution in [3.63, 3.8) is 0 Å². The van der Waals surface area contributed by atoms with Crippen LogP contribution in [0.2, 0.25) is 0 Å². The number of hydrogen-bond donors (Lipinski definition) is 1. The fourth-order valence-electron chi connectivity index (χ4n) is 2.87. The number of nitrogens with one attached hydrogen (secondary N) is 1. The van der Waals surface area contributed by atoms with Crippen LogP contribution in [0.5, 0.6) is 5.75 Å². The molecule has 0 unspecified atom stereocenters. The summed E-state index contributed by atoms with van der Waals surface area (Å²) >= 11 is 0. The number of carbonyl (C=O) groups excluding carboxylic acids is 1. The summed E-state index contributed by atoms with van der Waals surface area (Å²) in [6.45, 7) is 8.96. The van der Waals surface area contributed by atoms with E-state index in [0.29, 0.717) is 12.2 Å². The number of nitrogens with zero attached hydrogens (tertiary/aromatic N) is 2. The molecule has 0 aliphatic rings. The van der Waals surface area contributed by atoms with Crippen LogP contribution in [0.4, 0.5) is 11.4 Å². The van der Waals surface area contributed by atoms with Gasteiger partial charge in [-0.25, -0.2) is 0 Å². The molecule has 0 saturated heterocycles. The number of nitro groups is 1. The van der Waals surface area contributed by atoms with Crippen molar-refractivity contribution in [2.45, 2.75) is 45.7 Å². The normalized spacial score (nSPS) is 12.5. The van der Waals surface area contributed by atoms with E-state index in [4.69, 9.17) is 4.74 Å². The Labute approximate surface area is 171 Å². The van der Waals surface area contributed by atoms with Crippen LogP contribution in [0, 0.1) is 10.1 Å². The van der Waals surface area contributed by atoms with E-state index in [1.807, 2.05) is 18.9 Å². The molecule has 29 heavy (non-hydrogen) atoms. The summed E-state index contributed by atoms with van der Waals surface area (Å²) in [5.41, 5.74) is 2.79. The van der Waals surface area contributed by atoms with Gasteiger partial charge in [0.25, 0.3) is 5.69 Å². The number of non-ortho nitro benzene ring substituents is 1. The summed E-state index contributed by atoms with van der Waals surface area (Å²) in [5.74, 6) is 0.0335. The largest absolute Gasteiger partial charge is 0.494 e. The number of carbonyl (C=O) groups is 1. The van der Waals surface area contributed by atoms with Crippen LogP contribution in [-0.2, 0) is 16.8 Å². The van der Waals surface area contributed by atoms with Gasteiger partial charge in [0.2, 0.25) is 5.91 Å². The highest BCUT2D eigenvalue weighted by Gasteiger charge is 2.21. The van der Waals surface area contributed by atoms with Crippen molar-refractivity contribution in [2.75, 3.05) is 19.5 Å². The fourth-order valence-corrected chi connectivity index (χ4v) is 2.87. The number of benzene rings is 2. The summed E-state index contributed by atoms with van der Waals surface area (Å²) in [4.78, 5) is 25.0. The average molecular weight is 399 g/mol. The van der Waals surface area contributed by atoms with Gasteiger partial charge in [-0.2, -0.15) is 0 Å². The van der Waals surface area contributed by atoms with Gasteiger partial charge in [-0.05, 0) is 36.6 Å². The van der Waals surface area contributed by atoms with Crippen molar-refractivity contribution in [2.24, 2.45) is 0 Å². The van der Waals surface area contributed by atoms with Crippen LogP contribution in [0.15, 0.2) is 42.5 Å². The summed E-state index contributed by atoms with van der Waals surface area (Å²) in [6.07, 6.45) is 0. The van der Waals surface area contributed by atoms with Gasteiger partial charge in [-0.3, -0.25) is 19.8 Å². The topological polar surface area (TPSA) is 84.7 Å².